The van der Waals surface area contributed by atoms with Gasteiger partial charge in [0.2, 0.25) is 0 Å². The lowest BCUT2D eigenvalue weighted by atomic mass is 9.85. The molecular formula is C12H18ClNO2S. The van der Waals surface area contributed by atoms with Gasteiger partial charge < -0.3 is 14.8 Å². The maximum Gasteiger partial charge on any atom is 0.0924 e. The van der Waals surface area contributed by atoms with Gasteiger partial charge >= 0.3 is 0 Å². The van der Waals surface area contributed by atoms with Crippen LogP contribution in [-0.4, -0.2) is 33.0 Å². The second-order valence-electron chi connectivity index (χ2n) is 4.24. The molecule has 1 fully saturated rings. The first-order chi connectivity index (χ1) is 8.23. The molecule has 0 amide bonds. The van der Waals surface area contributed by atoms with E-state index in [-0.39, 0.29) is 11.6 Å². The summed E-state index contributed by atoms with van der Waals surface area (Å²) in [5, 5.41) is 6.19. The van der Waals surface area contributed by atoms with Crippen molar-refractivity contribution in [3.63, 3.8) is 0 Å². The van der Waals surface area contributed by atoms with E-state index in [1.807, 2.05) is 18.5 Å². The number of ether oxygens (including phenoxy) is 2. The summed E-state index contributed by atoms with van der Waals surface area (Å²) >= 11 is 7.91. The SMILES string of the molecule is CNC(c1sccc1Cl)C1(OC)CCOCC1. The van der Waals surface area contributed by atoms with Crippen molar-refractivity contribution in [1.82, 2.24) is 5.32 Å². The molecule has 1 aliphatic heterocycles. The number of rotatable bonds is 4. The number of nitrogens with one attached hydrogen (secondary N) is 1. The van der Waals surface area contributed by atoms with Gasteiger partial charge in [-0.2, -0.15) is 0 Å². The smallest absolute Gasteiger partial charge is 0.0924 e. The predicted molar refractivity (Wildman–Crippen MR) is 70.9 cm³/mol. The Morgan fingerprint density at radius 3 is 2.71 bits per heavy atom. The van der Waals surface area contributed by atoms with Gasteiger partial charge in [-0.1, -0.05) is 11.6 Å². The third-order valence-corrected chi connectivity index (χ3v) is 4.89. The summed E-state index contributed by atoms with van der Waals surface area (Å²) in [5.74, 6) is 0. The molecule has 3 nitrogen and oxygen atoms in total. The van der Waals surface area contributed by atoms with Gasteiger partial charge in [-0.15, -0.1) is 11.3 Å². The standard InChI is InChI=1S/C12H18ClNO2S/c1-14-11(10-9(13)3-8-17-10)12(15-2)4-6-16-7-5-12/h3,8,11,14H,4-7H2,1-2H3. The second kappa shape index (κ2) is 5.67. The van der Waals surface area contributed by atoms with E-state index >= 15 is 0 Å². The van der Waals surface area contributed by atoms with Gasteiger partial charge in [0.1, 0.15) is 0 Å². The van der Waals surface area contributed by atoms with Crippen molar-refractivity contribution in [2.24, 2.45) is 0 Å². The molecule has 0 radical (unpaired) electrons. The zero-order valence-electron chi connectivity index (χ0n) is 10.2. The first-order valence-corrected chi connectivity index (χ1v) is 7.02. The molecule has 1 aromatic heterocycles. The van der Waals surface area contributed by atoms with E-state index in [0.29, 0.717) is 0 Å². The molecule has 5 heteroatoms. The van der Waals surface area contributed by atoms with Crippen LogP contribution in [-0.2, 0) is 9.47 Å². The Morgan fingerprint density at radius 2 is 2.24 bits per heavy atom. The van der Waals surface area contributed by atoms with Crippen LogP contribution in [0.5, 0.6) is 0 Å². The molecule has 1 aromatic rings. The van der Waals surface area contributed by atoms with Crippen LogP contribution >= 0.6 is 22.9 Å². The van der Waals surface area contributed by atoms with Crippen LogP contribution in [0, 0.1) is 0 Å². The molecule has 0 bridgehead atoms. The molecule has 2 heterocycles. The van der Waals surface area contributed by atoms with Crippen molar-refractivity contribution in [2.45, 2.75) is 24.5 Å². The number of methoxy groups -OCH3 is 1. The number of hydrogen-bond acceptors (Lipinski definition) is 4. The zero-order valence-corrected chi connectivity index (χ0v) is 11.7. The highest BCUT2D eigenvalue weighted by molar-refractivity contribution is 7.10. The van der Waals surface area contributed by atoms with Crippen LogP contribution in [0.3, 0.4) is 0 Å². The minimum atomic E-state index is -0.207. The van der Waals surface area contributed by atoms with Crippen LogP contribution < -0.4 is 5.32 Å². The lowest BCUT2D eigenvalue weighted by molar-refractivity contribution is -0.110. The molecule has 17 heavy (non-hydrogen) atoms. The van der Waals surface area contributed by atoms with Crippen molar-refractivity contribution in [3.05, 3.63) is 21.3 Å². The van der Waals surface area contributed by atoms with Gasteiger partial charge in [-0.3, -0.25) is 0 Å². The van der Waals surface area contributed by atoms with Gasteiger partial charge in [0, 0.05) is 38.0 Å². The number of halogens is 1. The average molecular weight is 276 g/mol. The van der Waals surface area contributed by atoms with Crippen molar-refractivity contribution in [3.8, 4) is 0 Å². The largest absolute Gasteiger partial charge is 0.381 e. The fourth-order valence-electron chi connectivity index (χ4n) is 2.47. The van der Waals surface area contributed by atoms with Crippen molar-refractivity contribution < 1.29 is 9.47 Å². The molecule has 1 saturated heterocycles. The normalized spacial score (nSPS) is 21.4. The van der Waals surface area contributed by atoms with E-state index in [1.165, 1.54) is 0 Å². The number of likely N-dealkylation sites (N-methyl/N-ethyl adjacent to an activating group) is 1. The van der Waals surface area contributed by atoms with E-state index in [1.54, 1.807) is 18.4 Å². The van der Waals surface area contributed by atoms with Crippen LogP contribution in [0.1, 0.15) is 23.8 Å². The highest BCUT2D eigenvalue weighted by Gasteiger charge is 2.42. The van der Waals surface area contributed by atoms with E-state index in [9.17, 15) is 0 Å². The molecular weight excluding hydrogens is 258 g/mol. The summed E-state index contributed by atoms with van der Waals surface area (Å²) in [6, 6.07) is 2.07. The predicted octanol–water partition coefficient (Wildman–Crippen LogP) is 2.86. The molecule has 0 saturated carbocycles. The first kappa shape index (κ1) is 13.3. The monoisotopic (exact) mass is 275 g/mol. The van der Waals surface area contributed by atoms with E-state index in [0.717, 1.165) is 36.0 Å². The lowest BCUT2D eigenvalue weighted by Crippen LogP contribution is -2.48. The second-order valence-corrected chi connectivity index (χ2v) is 5.59. The third-order valence-electron chi connectivity index (χ3n) is 3.47. The van der Waals surface area contributed by atoms with E-state index in [2.05, 4.69) is 5.32 Å². The van der Waals surface area contributed by atoms with Crippen molar-refractivity contribution in [1.29, 1.82) is 0 Å². The van der Waals surface area contributed by atoms with Crippen LogP contribution in [0.25, 0.3) is 0 Å². The Kier molecular flexibility index (Phi) is 4.44. The maximum atomic E-state index is 6.24. The van der Waals surface area contributed by atoms with Crippen molar-refractivity contribution in [2.75, 3.05) is 27.4 Å². The average Bonchev–Trinajstić information content (AvgIpc) is 2.78. The summed E-state index contributed by atoms with van der Waals surface area (Å²) in [4.78, 5) is 1.15. The Bertz CT molecular complexity index is 363. The maximum absolute atomic E-state index is 6.24. The molecule has 0 aliphatic carbocycles. The quantitative estimate of drug-likeness (QED) is 0.917. The van der Waals surface area contributed by atoms with Gasteiger partial charge in [-0.05, 0) is 18.5 Å². The molecule has 1 unspecified atom stereocenters. The van der Waals surface area contributed by atoms with Gasteiger partial charge in [0.25, 0.3) is 0 Å². The van der Waals surface area contributed by atoms with Gasteiger partial charge in [-0.25, -0.2) is 0 Å². The minimum Gasteiger partial charge on any atom is -0.381 e. The Morgan fingerprint density at radius 1 is 1.53 bits per heavy atom. The highest BCUT2D eigenvalue weighted by Crippen LogP contribution is 2.41. The Labute approximate surface area is 111 Å². The summed E-state index contributed by atoms with van der Waals surface area (Å²) in [5.41, 5.74) is -0.207. The van der Waals surface area contributed by atoms with E-state index < -0.39 is 0 Å². The summed E-state index contributed by atoms with van der Waals surface area (Å²) in [6.45, 7) is 1.49. The molecule has 1 N–H and O–H groups in total. The van der Waals surface area contributed by atoms with Crippen molar-refractivity contribution >= 4 is 22.9 Å². The molecule has 96 valence electrons. The third kappa shape index (κ3) is 2.51. The van der Waals surface area contributed by atoms with Gasteiger partial charge in [0.15, 0.2) is 0 Å². The fourth-order valence-corrected chi connectivity index (χ4v) is 3.85. The van der Waals surface area contributed by atoms with Crippen LogP contribution in [0.4, 0.5) is 0 Å². The first-order valence-electron chi connectivity index (χ1n) is 5.76. The number of hydrogen-bond donors (Lipinski definition) is 1. The highest BCUT2D eigenvalue weighted by atomic mass is 35.5. The van der Waals surface area contributed by atoms with Crippen LogP contribution in [0.15, 0.2) is 11.4 Å². The van der Waals surface area contributed by atoms with Gasteiger partial charge in [0.05, 0.1) is 16.7 Å². The summed E-state index contributed by atoms with van der Waals surface area (Å²) in [6.07, 6.45) is 1.78. The number of thiophene rings is 1. The lowest BCUT2D eigenvalue weighted by Gasteiger charge is -2.42. The molecule has 1 aliphatic rings. The summed E-state index contributed by atoms with van der Waals surface area (Å²) in [7, 11) is 3.73. The molecule has 1 atom stereocenters. The molecule has 0 spiro atoms. The molecule has 2 rings (SSSR count). The van der Waals surface area contributed by atoms with Crippen LogP contribution in [0.2, 0.25) is 5.02 Å². The minimum absolute atomic E-state index is 0.129. The molecule has 0 aromatic carbocycles. The topological polar surface area (TPSA) is 30.5 Å². The van der Waals surface area contributed by atoms with E-state index in [4.69, 9.17) is 21.1 Å². The Balaban J connectivity index is 2.29. The zero-order chi connectivity index (χ0) is 12.3. The summed E-state index contributed by atoms with van der Waals surface area (Å²) < 4.78 is 11.2. The fraction of sp³-hybridized carbons (Fsp3) is 0.667. The Hall–Kier alpha value is -0.130.